The number of amides is 2. The lowest BCUT2D eigenvalue weighted by molar-refractivity contribution is -0.137. The molecule has 2 aliphatic rings. The second-order valence-electron chi connectivity index (χ2n) is 12.0. The van der Waals surface area contributed by atoms with E-state index in [9.17, 15) is 18.0 Å². The fraction of sp³-hybridized carbons (Fsp3) is 0.353. The number of hydrogen-bond donors (Lipinski definition) is 3. The van der Waals surface area contributed by atoms with E-state index < -0.39 is 22.8 Å². The number of nitrogens with two attached hydrogens (primary N) is 1. The first kappa shape index (κ1) is 33.4. The van der Waals surface area contributed by atoms with E-state index in [1.165, 1.54) is 6.07 Å². The Morgan fingerprint density at radius 1 is 1.00 bits per heavy atom. The van der Waals surface area contributed by atoms with Crippen molar-refractivity contribution in [1.29, 1.82) is 0 Å². The molecule has 4 aromatic rings. The lowest BCUT2D eigenvalue weighted by Crippen LogP contribution is -2.48. The van der Waals surface area contributed by atoms with E-state index in [4.69, 9.17) is 36.3 Å². The number of fused-ring (bicyclic) bond motifs is 3. The van der Waals surface area contributed by atoms with Gasteiger partial charge in [0.2, 0.25) is 5.75 Å². The number of hydrogen-bond acceptors (Lipinski definition) is 8. The minimum absolute atomic E-state index is 0.0607. The Morgan fingerprint density at radius 2 is 1.69 bits per heavy atom. The van der Waals surface area contributed by atoms with E-state index >= 15 is 0 Å². The van der Waals surface area contributed by atoms with Gasteiger partial charge in [0.25, 0.3) is 0 Å². The van der Waals surface area contributed by atoms with Crippen LogP contribution in [0.1, 0.15) is 31.7 Å². The van der Waals surface area contributed by atoms with Crippen molar-refractivity contribution in [3.05, 3.63) is 71.4 Å². The molecule has 3 heterocycles. The lowest BCUT2D eigenvalue weighted by Gasteiger charge is -2.36. The number of rotatable bonds is 9. The summed E-state index contributed by atoms with van der Waals surface area (Å²) >= 11 is 5.66. The number of pyridine rings is 1. The maximum absolute atomic E-state index is 13.2. The quantitative estimate of drug-likeness (QED) is 0.153. The molecule has 0 bridgehead atoms. The number of nitrogens with one attached hydrogen (secondary N) is 2. The van der Waals surface area contributed by atoms with Crippen molar-refractivity contribution in [1.82, 2.24) is 9.88 Å². The van der Waals surface area contributed by atoms with Gasteiger partial charge in [-0.25, -0.2) is 4.79 Å². The second kappa shape index (κ2) is 14.0. The molecule has 0 radical (unpaired) electrons. The lowest BCUT2D eigenvalue weighted by atomic mass is 9.91. The largest absolute Gasteiger partial charge is 0.489 e. The molecule has 0 saturated carbocycles. The number of piperidine rings is 1. The van der Waals surface area contributed by atoms with Crippen LogP contribution in [0.5, 0.6) is 28.7 Å². The number of nitrogens with zero attached hydrogens (tertiary/aromatic N) is 2. The number of aromatic nitrogens is 1. The number of carbonyl (C=O) groups is 1. The van der Waals surface area contributed by atoms with Crippen LogP contribution in [0.15, 0.2) is 60.8 Å². The van der Waals surface area contributed by atoms with Crippen LogP contribution >= 0.6 is 11.6 Å². The predicted octanol–water partition coefficient (Wildman–Crippen LogP) is 7.70. The molecule has 0 unspecified atom stereocenters. The summed E-state index contributed by atoms with van der Waals surface area (Å²) in [5, 5.41) is 5.13. The summed E-state index contributed by atoms with van der Waals surface area (Å²) in [5.41, 5.74) is 6.07. The highest BCUT2D eigenvalue weighted by atomic mass is 35.5. The Bertz CT molecular complexity index is 1780. The summed E-state index contributed by atoms with van der Waals surface area (Å²) in [6, 6.07) is 12.4. The molecule has 2 aliphatic heterocycles. The third-order valence-corrected chi connectivity index (χ3v) is 8.52. The first-order valence-electron chi connectivity index (χ1n) is 15.5. The molecule has 6 rings (SSSR count). The van der Waals surface area contributed by atoms with Gasteiger partial charge in [0.05, 0.1) is 28.1 Å². The molecule has 1 fully saturated rings. The van der Waals surface area contributed by atoms with E-state index in [0.29, 0.717) is 65.2 Å². The minimum atomic E-state index is -4.66. The smallest absolute Gasteiger partial charge is 0.417 e. The van der Waals surface area contributed by atoms with Crippen LogP contribution in [0.4, 0.5) is 29.3 Å². The zero-order valence-corrected chi connectivity index (χ0v) is 26.9. The SMILES string of the molecule is CC1(N)CCN(CCCOc2cc3nccc(Oc4ccc(NC(=O)Nc5ccc(Cl)c(C(F)(F)F)c5)cc4)c3c3c2OCCO3)CC1. The molecule has 0 atom stereocenters. The number of urea groups is 1. The minimum Gasteiger partial charge on any atom is -0.489 e. The number of likely N-dealkylation sites (tertiary alicyclic amines) is 1. The first-order valence-corrected chi connectivity index (χ1v) is 15.9. The van der Waals surface area contributed by atoms with Crippen molar-refractivity contribution < 1.29 is 36.9 Å². The van der Waals surface area contributed by atoms with Gasteiger partial charge in [-0.3, -0.25) is 4.98 Å². The number of alkyl halides is 3. The van der Waals surface area contributed by atoms with Crippen molar-refractivity contribution in [2.75, 3.05) is 50.1 Å². The van der Waals surface area contributed by atoms with Crippen LogP contribution in [0, 0.1) is 0 Å². The van der Waals surface area contributed by atoms with E-state index in [0.717, 1.165) is 51.0 Å². The molecule has 48 heavy (non-hydrogen) atoms. The fourth-order valence-corrected chi connectivity index (χ4v) is 5.80. The monoisotopic (exact) mass is 685 g/mol. The van der Waals surface area contributed by atoms with Gasteiger partial charge in [-0.2, -0.15) is 13.2 Å². The standard InChI is InChI=1S/C34H35ClF3N5O5/c1-33(39)10-14-43(15-11-33)13-2-16-45-28-20-26-29(31-30(28)46-17-18-47-31)27(9-12-40-26)48-23-6-3-21(4-7-23)41-32(44)42-22-5-8-25(35)24(19-22)34(36,37)38/h3-9,12,19-20H,2,10-11,13-18,39H2,1H3,(H2,41,42,44). The Kier molecular flexibility index (Phi) is 9.72. The summed E-state index contributed by atoms with van der Waals surface area (Å²) in [6.07, 6.45) is -0.224. The highest BCUT2D eigenvalue weighted by Gasteiger charge is 2.33. The van der Waals surface area contributed by atoms with Gasteiger partial charge in [0.1, 0.15) is 24.7 Å². The first-order chi connectivity index (χ1) is 22.9. The number of ether oxygens (including phenoxy) is 4. The summed E-state index contributed by atoms with van der Waals surface area (Å²) in [6.45, 7) is 6.22. The zero-order chi connectivity index (χ0) is 33.9. The summed E-state index contributed by atoms with van der Waals surface area (Å²) < 4.78 is 64.0. The second-order valence-corrected chi connectivity index (χ2v) is 12.4. The van der Waals surface area contributed by atoms with Crippen molar-refractivity contribution in [3.8, 4) is 28.7 Å². The highest BCUT2D eigenvalue weighted by Crippen LogP contribution is 2.48. The average Bonchev–Trinajstić information content (AvgIpc) is 3.05. The average molecular weight is 686 g/mol. The Labute approximate surface area is 280 Å². The highest BCUT2D eigenvalue weighted by molar-refractivity contribution is 6.31. The van der Waals surface area contributed by atoms with E-state index in [2.05, 4.69) is 27.4 Å². The van der Waals surface area contributed by atoms with Crippen LogP contribution in [0.25, 0.3) is 10.9 Å². The third-order valence-electron chi connectivity index (χ3n) is 8.19. The van der Waals surface area contributed by atoms with Gasteiger partial charge >= 0.3 is 12.2 Å². The van der Waals surface area contributed by atoms with E-state index in [1.54, 1.807) is 36.5 Å². The maximum atomic E-state index is 13.2. The van der Waals surface area contributed by atoms with Crippen molar-refractivity contribution in [2.24, 2.45) is 5.73 Å². The number of benzene rings is 3. The summed E-state index contributed by atoms with van der Waals surface area (Å²) in [4.78, 5) is 19.4. The normalized spacial score (nSPS) is 16.0. The molecule has 1 saturated heterocycles. The molecule has 1 aromatic heterocycles. The maximum Gasteiger partial charge on any atom is 0.417 e. The van der Waals surface area contributed by atoms with Crippen LogP contribution in [0.2, 0.25) is 5.02 Å². The Morgan fingerprint density at radius 3 is 2.42 bits per heavy atom. The molecule has 10 nitrogen and oxygen atoms in total. The molecular formula is C34H35ClF3N5O5. The number of halogens is 4. The van der Waals surface area contributed by atoms with Gasteiger partial charge in [0.15, 0.2) is 11.5 Å². The van der Waals surface area contributed by atoms with Gasteiger partial charge < -0.3 is 40.2 Å². The van der Waals surface area contributed by atoms with Gasteiger partial charge in [-0.1, -0.05) is 11.6 Å². The summed E-state index contributed by atoms with van der Waals surface area (Å²) in [7, 11) is 0. The van der Waals surface area contributed by atoms with E-state index in [1.807, 2.05) is 6.07 Å². The Hall–Kier alpha value is -4.46. The third kappa shape index (κ3) is 7.97. The van der Waals surface area contributed by atoms with Crippen LogP contribution in [0.3, 0.4) is 0 Å². The number of carbonyl (C=O) groups excluding carboxylic acids is 1. The predicted molar refractivity (Wildman–Crippen MR) is 177 cm³/mol. The molecule has 2 amide bonds. The molecule has 0 spiro atoms. The Balaban J connectivity index is 1.11. The van der Waals surface area contributed by atoms with Crippen LogP contribution in [-0.2, 0) is 6.18 Å². The van der Waals surface area contributed by atoms with Crippen molar-refractivity contribution >= 4 is 39.9 Å². The topological polar surface area (TPSA) is 120 Å². The van der Waals surface area contributed by atoms with Gasteiger partial charge in [-0.05, 0) is 87.8 Å². The van der Waals surface area contributed by atoms with Gasteiger partial charge in [0, 0.05) is 35.7 Å². The molecular weight excluding hydrogens is 651 g/mol. The molecule has 0 aliphatic carbocycles. The zero-order valence-electron chi connectivity index (χ0n) is 26.2. The van der Waals surface area contributed by atoms with Gasteiger partial charge in [-0.15, -0.1) is 0 Å². The van der Waals surface area contributed by atoms with E-state index in [-0.39, 0.29) is 11.2 Å². The summed E-state index contributed by atoms with van der Waals surface area (Å²) in [5.74, 6) is 2.47. The fourth-order valence-electron chi connectivity index (χ4n) is 5.57. The molecule has 254 valence electrons. The molecule has 3 aromatic carbocycles. The van der Waals surface area contributed by atoms with Crippen molar-refractivity contribution in [3.63, 3.8) is 0 Å². The van der Waals surface area contributed by atoms with Crippen molar-refractivity contribution in [2.45, 2.75) is 37.9 Å². The van der Waals surface area contributed by atoms with Crippen LogP contribution in [-0.4, -0.2) is 60.9 Å². The molecule has 4 N–H and O–H groups in total. The molecule has 14 heteroatoms. The number of anilines is 2. The van der Waals surface area contributed by atoms with Crippen LogP contribution < -0.4 is 35.3 Å².